The number of carboxylic acid groups (broad SMARTS) is 1. The van der Waals surface area contributed by atoms with Crippen LogP contribution in [0.3, 0.4) is 0 Å². The monoisotopic (exact) mass is 313 g/mol. The second-order valence-corrected chi connectivity index (χ2v) is 7.78. The number of nitrogens with zero attached hydrogens (tertiary/aromatic N) is 1. The summed E-state index contributed by atoms with van der Waals surface area (Å²) in [6.45, 7) is 0. The van der Waals surface area contributed by atoms with E-state index in [1.807, 2.05) is 5.38 Å². The number of rotatable bonds is 5. The highest BCUT2D eigenvalue weighted by Crippen LogP contribution is 2.44. The highest BCUT2D eigenvalue weighted by molar-refractivity contribution is 8.01. The molecular weight excluding hydrogens is 294 g/mol. The van der Waals surface area contributed by atoms with E-state index in [9.17, 15) is 4.79 Å². The van der Waals surface area contributed by atoms with E-state index in [1.165, 1.54) is 43.4 Å². The largest absolute Gasteiger partial charge is 0.481 e. The first-order valence-corrected chi connectivity index (χ1v) is 8.99. The number of ether oxygens (including phenoxy) is 1. The van der Waals surface area contributed by atoms with Crippen LogP contribution in [-0.4, -0.2) is 33.5 Å². The van der Waals surface area contributed by atoms with E-state index in [2.05, 4.69) is 4.98 Å². The van der Waals surface area contributed by atoms with Gasteiger partial charge in [-0.1, -0.05) is 24.6 Å². The number of aromatic nitrogens is 1. The Morgan fingerprint density at radius 3 is 3.05 bits per heavy atom. The van der Waals surface area contributed by atoms with E-state index < -0.39 is 5.97 Å². The third kappa shape index (κ3) is 3.35. The van der Waals surface area contributed by atoms with Gasteiger partial charge in [0.25, 0.3) is 0 Å². The van der Waals surface area contributed by atoms with Crippen LogP contribution in [0.25, 0.3) is 0 Å². The molecule has 0 aromatic carbocycles. The molecule has 1 aromatic heterocycles. The van der Waals surface area contributed by atoms with Crippen LogP contribution >= 0.6 is 23.1 Å². The summed E-state index contributed by atoms with van der Waals surface area (Å²) in [7, 11) is 0. The molecule has 6 heteroatoms. The Bertz CT molecular complexity index is 483. The quantitative estimate of drug-likeness (QED) is 0.845. The van der Waals surface area contributed by atoms with E-state index in [-0.39, 0.29) is 12.0 Å². The zero-order valence-electron chi connectivity index (χ0n) is 11.3. The first kappa shape index (κ1) is 14.4. The van der Waals surface area contributed by atoms with E-state index in [0.29, 0.717) is 11.8 Å². The van der Waals surface area contributed by atoms with Crippen LogP contribution in [0.5, 0.6) is 0 Å². The number of thiazole rings is 1. The molecule has 0 amide bonds. The molecule has 110 valence electrons. The molecule has 1 spiro atoms. The highest BCUT2D eigenvalue weighted by atomic mass is 32.2. The SMILES string of the molecule is O=C(O)Cc1csc(SCC2CCC3(CCCC3)O2)n1. The van der Waals surface area contributed by atoms with E-state index in [1.54, 1.807) is 11.8 Å². The van der Waals surface area contributed by atoms with Crippen LogP contribution in [0.4, 0.5) is 0 Å². The molecule has 1 saturated heterocycles. The molecule has 2 fully saturated rings. The number of thioether (sulfide) groups is 1. The van der Waals surface area contributed by atoms with Gasteiger partial charge in [-0.05, 0) is 25.7 Å². The summed E-state index contributed by atoms with van der Waals surface area (Å²) >= 11 is 3.23. The van der Waals surface area contributed by atoms with Crippen molar-refractivity contribution in [3.8, 4) is 0 Å². The van der Waals surface area contributed by atoms with Crippen LogP contribution in [-0.2, 0) is 16.0 Å². The zero-order valence-corrected chi connectivity index (χ0v) is 13.0. The first-order chi connectivity index (χ1) is 9.65. The Morgan fingerprint density at radius 2 is 2.30 bits per heavy atom. The lowest BCUT2D eigenvalue weighted by molar-refractivity contribution is -0.136. The summed E-state index contributed by atoms with van der Waals surface area (Å²) in [5.74, 6) is 0.107. The molecule has 4 nitrogen and oxygen atoms in total. The van der Waals surface area contributed by atoms with Gasteiger partial charge in [0, 0.05) is 11.1 Å². The van der Waals surface area contributed by atoms with Crippen LogP contribution in [0.15, 0.2) is 9.72 Å². The molecule has 1 atom stereocenters. The standard InChI is InChI=1S/C14H19NO3S2/c16-12(17)7-10-8-19-13(15-10)20-9-11-3-6-14(18-11)4-1-2-5-14/h8,11H,1-7,9H2,(H,16,17). The highest BCUT2D eigenvalue weighted by Gasteiger charge is 2.41. The van der Waals surface area contributed by atoms with Crippen LogP contribution in [0.1, 0.15) is 44.2 Å². The molecule has 0 radical (unpaired) electrons. The molecule has 1 aromatic rings. The minimum atomic E-state index is -0.825. The second kappa shape index (κ2) is 6.03. The summed E-state index contributed by atoms with van der Waals surface area (Å²) in [5.41, 5.74) is 0.854. The fraction of sp³-hybridized carbons (Fsp3) is 0.714. The number of carbonyl (C=O) groups is 1. The van der Waals surface area contributed by atoms with E-state index >= 15 is 0 Å². The van der Waals surface area contributed by atoms with E-state index in [4.69, 9.17) is 9.84 Å². The van der Waals surface area contributed by atoms with Crippen molar-refractivity contribution in [2.24, 2.45) is 0 Å². The van der Waals surface area contributed by atoms with Gasteiger partial charge in [-0.3, -0.25) is 4.79 Å². The Morgan fingerprint density at radius 1 is 1.50 bits per heavy atom. The molecule has 3 rings (SSSR count). The smallest absolute Gasteiger partial charge is 0.309 e. The maximum atomic E-state index is 10.6. The average Bonchev–Trinajstić information content (AvgIpc) is 3.10. The third-order valence-corrected chi connectivity index (χ3v) is 6.31. The second-order valence-electron chi connectivity index (χ2n) is 5.65. The van der Waals surface area contributed by atoms with Gasteiger partial charge in [-0.25, -0.2) is 4.98 Å². The summed E-state index contributed by atoms with van der Waals surface area (Å²) < 4.78 is 7.22. The summed E-state index contributed by atoms with van der Waals surface area (Å²) in [5, 5.41) is 10.6. The van der Waals surface area contributed by atoms with Gasteiger partial charge in [0.2, 0.25) is 0 Å². The lowest BCUT2D eigenvalue weighted by atomic mass is 9.98. The Balaban J connectivity index is 1.48. The van der Waals surface area contributed by atoms with Crippen molar-refractivity contribution in [2.75, 3.05) is 5.75 Å². The lowest BCUT2D eigenvalue weighted by Gasteiger charge is -2.23. The third-order valence-electron chi connectivity index (χ3n) is 4.11. The normalized spacial score (nSPS) is 24.5. The number of carboxylic acids is 1. The molecule has 1 saturated carbocycles. The van der Waals surface area contributed by atoms with Crippen molar-refractivity contribution in [3.05, 3.63) is 11.1 Å². The van der Waals surface area contributed by atoms with Gasteiger partial charge >= 0.3 is 5.97 Å². The maximum absolute atomic E-state index is 10.6. The Labute approximate surface area is 126 Å². The van der Waals surface area contributed by atoms with Gasteiger partial charge < -0.3 is 9.84 Å². The molecule has 0 bridgehead atoms. The molecular formula is C14H19NO3S2. The first-order valence-electron chi connectivity index (χ1n) is 7.12. The van der Waals surface area contributed by atoms with Gasteiger partial charge in [0.05, 0.1) is 23.8 Å². The molecule has 1 aliphatic heterocycles. The van der Waals surface area contributed by atoms with Crippen molar-refractivity contribution in [3.63, 3.8) is 0 Å². The molecule has 1 aliphatic carbocycles. The van der Waals surface area contributed by atoms with Crippen molar-refractivity contribution in [1.82, 2.24) is 4.98 Å². The summed E-state index contributed by atoms with van der Waals surface area (Å²) in [4.78, 5) is 15.0. The van der Waals surface area contributed by atoms with Crippen LogP contribution in [0, 0.1) is 0 Å². The van der Waals surface area contributed by atoms with Crippen molar-refractivity contribution < 1.29 is 14.6 Å². The topological polar surface area (TPSA) is 59.4 Å². The summed E-state index contributed by atoms with van der Waals surface area (Å²) in [6.07, 6.45) is 7.80. The van der Waals surface area contributed by atoms with Crippen molar-refractivity contribution >= 4 is 29.1 Å². The average molecular weight is 313 g/mol. The maximum Gasteiger partial charge on any atom is 0.309 e. The predicted octanol–water partition coefficient (Wildman–Crippen LogP) is 3.35. The van der Waals surface area contributed by atoms with Crippen LogP contribution in [0.2, 0.25) is 0 Å². The minimum absolute atomic E-state index is 0.0140. The fourth-order valence-corrected chi connectivity index (χ4v) is 5.06. The van der Waals surface area contributed by atoms with Gasteiger partial charge in [0.1, 0.15) is 4.34 Å². The minimum Gasteiger partial charge on any atom is -0.481 e. The molecule has 1 unspecified atom stereocenters. The van der Waals surface area contributed by atoms with Crippen molar-refractivity contribution in [1.29, 1.82) is 0 Å². The van der Waals surface area contributed by atoms with Crippen molar-refractivity contribution in [2.45, 2.75) is 61.0 Å². The zero-order chi connectivity index (χ0) is 14.0. The molecule has 1 N–H and O–H groups in total. The number of hydrogen-bond acceptors (Lipinski definition) is 5. The Kier molecular flexibility index (Phi) is 4.33. The predicted molar refractivity (Wildman–Crippen MR) is 79.5 cm³/mol. The molecule has 20 heavy (non-hydrogen) atoms. The van der Waals surface area contributed by atoms with Crippen LogP contribution < -0.4 is 0 Å². The number of aliphatic carboxylic acids is 1. The lowest BCUT2D eigenvalue weighted by Crippen LogP contribution is -2.25. The van der Waals surface area contributed by atoms with E-state index in [0.717, 1.165) is 16.5 Å². The fourth-order valence-electron chi connectivity index (χ4n) is 3.16. The van der Waals surface area contributed by atoms with Gasteiger partial charge in [0.15, 0.2) is 0 Å². The number of hydrogen-bond donors (Lipinski definition) is 1. The Hall–Kier alpha value is -0.590. The molecule has 2 aliphatic rings. The van der Waals surface area contributed by atoms with Gasteiger partial charge in [-0.2, -0.15) is 0 Å². The summed E-state index contributed by atoms with van der Waals surface area (Å²) in [6, 6.07) is 0. The molecule has 2 heterocycles. The van der Waals surface area contributed by atoms with Gasteiger partial charge in [-0.15, -0.1) is 11.3 Å².